The molecule has 0 aliphatic heterocycles. The summed E-state index contributed by atoms with van der Waals surface area (Å²) in [5.41, 5.74) is 1.14. The van der Waals surface area contributed by atoms with Crippen molar-refractivity contribution in [3.8, 4) is 5.75 Å². The molecule has 0 aliphatic rings. The lowest BCUT2D eigenvalue weighted by Gasteiger charge is -2.04. The molecule has 76 valence electrons. The van der Waals surface area contributed by atoms with Gasteiger partial charge in [-0.2, -0.15) is 0 Å². The number of rotatable bonds is 3. The number of ether oxygens (including phenoxy) is 1. The summed E-state index contributed by atoms with van der Waals surface area (Å²) in [5.74, 6) is 0.694. The van der Waals surface area contributed by atoms with Gasteiger partial charge in [-0.1, -0.05) is 30.3 Å². The summed E-state index contributed by atoms with van der Waals surface area (Å²) < 4.78 is 6.24. The molecule has 0 saturated carbocycles. The molecule has 0 amide bonds. The maximum absolute atomic E-state index is 5.52. The van der Waals surface area contributed by atoms with Gasteiger partial charge in [0.05, 0.1) is 12.4 Å². The summed E-state index contributed by atoms with van der Waals surface area (Å²) in [6.07, 6.45) is 3.36. The topological polar surface area (TPSA) is 35.0 Å². The summed E-state index contributed by atoms with van der Waals surface area (Å²) in [5, 5.41) is 0. The first-order valence-corrected chi connectivity index (χ1v) is 5.57. The molecule has 2 aromatic rings. The zero-order chi connectivity index (χ0) is 10.5. The van der Waals surface area contributed by atoms with Crippen molar-refractivity contribution in [1.82, 2.24) is 9.97 Å². The Kier molecular flexibility index (Phi) is 3.49. The van der Waals surface area contributed by atoms with Crippen molar-refractivity contribution < 1.29 is 4.74 Å². The highest BCUT2D eigenvalue weighted by Crippen LogP contribution is 2.10. The molecular formula is C11H9IN2O. The molecule has 0 atom stereocenters. The smallest absolute Gasteiger partial charge is 0.190 e. The summed E-state index contributed by atoms with van der Waals surface area (Å²) in [7, 11) is 0. The van der Waals surface area contributed by atoms with E-state index in [1.165, 1.54) is 0 Å². The molecule has 4 heteroatoms. The number of hydrogen-bond donors (Lipinski definition) is 0. The van der Waals surface area contributed by atoms with Crippen LogP contribution in [-0.4, -0.2) is 9.97 Å². The number of halogens is 1. The molecule has 1 heterocycles. The zero-order valence-corrected chi connectivity index (χ0v) is 10.1. The third kappa shape index (κ3) is 3.16. The van der Waals surface area contributed by atoms with E-state index in [1.54, 1.807) is 12.4 Å². The molecule has 2 rings (SSSR count). The average Bonchev–Trinajstić information content (AvgIpc) is 2.30. The van der Waals surface area contributed by atoms with Crippen LogP contribution in [0.25, 0.3) is 0 Å². The number of aromatic nitrogens is 2. The molecule has 0 fully saturated rings. The first-order chi connectivity index (χ1) is 7.34. The first-order valence-electron chi connectivity index (χ1n) is 4.49. The second kappa shape index (κ2) is 5.06. The quantitative estimate of drug-likeness (QED) is 0.645. The normalized spacial score (nSPS) is 9.93. The predicted molar refractivity (Wildman–Crippen MR) is 65.5 cm³/mol. The Hall–Kier alpha value is -1.17. The van der Waals surface area contributed by atoms with E-state index < -0.39 is 0 Å². The van der Waals surface area contributed by atoms with Crippen molar-refractivity contribution in [2.24, 2.45) is 0 Å². The Morgan fingerprint density at radius 3 is 2.40 bits per heavy atom. The van der Waals surface area contributed by atoms with Crippen LogP contribution < -0.4 is 4.74 Å². The van der Waals surface area contributed by atoms with Gasteiger partial charge in [-0.15, -0.1) is 0 Å². The van der Waals surface area contributed by atoms with Crippen LogP contribution in [0.5, 0.6) is 5.75 Å². The standard InChI is InChI=1S/C11H9IN2O/c12-11-13-6-10(7-14-11)15-8-9-4-2-1-3-5-9/h1-7H,8H2. The second-order valence-electron chi connectivity index (χ2n) is 2.96. The molecule has 1 aromatic heterocycles. The average molecular weight is 312 g/mol. The van der Waals surface area contributed by atoms with E-state index in [0.717, 1.165) is 9.39 Å². The van der Waals surface area contributed by atoms with E-state index >= 15 is 0 Å². The zero-order valence-electron chi connectivity index (χ0n) is 7.93. The van der Waals surface area contributed by atoms with E-state index in [9.17, 15) is 0 Å². The van der Waals surface area contributed by atoms with Gasteiger partial charge in [0.2, 0.25) is 0 Å². The highest BCUT2D eigenvalue weighted by atomic mass is 127. The minimum atomic E-state index is 0.546. The number of nitrogens with zero attached hydrogens (tertiary/aromatic N) is 2. The van der Waals surface area contributed by atoms with Crippen LogP contribution in [0.4, 0.5) is 0 Å². The lowest BCUT2D eigenvalue weighted by atomic mass is 10.2. The molecule has 0 radical (unpaired) electrons. The molecule has 0 unspecified atom stereocenters. The highest BCUT2D eigenvalue weighted by molar-refractivity contribution is 14.1. The van der Waals surface area contributed by atoms with Crippen LogP contribution in [0.2, 0.25) is 0 Å². The monoisotopic (exact) mass is 312 g/mol. The van der Waals surface area contributed by atoms with E-state index in [1.807, 2.05) is 30.3 Å². The minimum Gasteiger partial charge on any atom is -0.486 e. The first kappa shape index (κ1) is 10.4. The van der Waals surface area contributed by atoms with E-state index in [0.29, 0.717) is 12.4 Å². The Labute approximate surface area is 102 Å². The summed E-state index contributed by atoms with van der Waals surface area (Å²) >= 11 is 2.06. The van der Waals surface area contributed by atoms with Gasteiger partial charge in [-0.3, -0.25) is 0 Å². The van der Waals surface area contributed by atoms with Crippen molar-refractivity contribution in [3.05, 3.63) is 52.1 Å². The van der Waals surface area contributed by atoms with Crippen molar-refractivity contribution in [3.63, 3.8) is 0 Å². The van der Waals surface area contributed by atoms with Crippen LogP contribution in [0.1, 0.15) is 5.56 Å². The summed E-state index contributed by atoms with van der Waals surface area (Å²) in [6.45, 7) is 0.546. The van der Waals surface area contributed by atoms with Crippen molar-refractivity contribution in [1.29, 1.82) is 0 Å². The van der Waals surface area contributed by atoms with Crippen LogP contribution in [-0.2, 0) is 6.61 Å². The lowest BCUT2D eigenvalue weighted by Crippen LogP contribution is -1.96. The Balaban J connectivity index is 1.96. The van der Waals surface area contributed by atoms with E-state index in [4.69, 9.17) is 4.74 Å². The molecule has 0 spiro atoms. The predicted octanol–water partition coefficient (Wildman–Crippen LogP) is 2.66. The second-order valence-corrected chi connectivity index (χ2v) is 3.93. The van der Waals surface area contributed by atoms with Gasteiger partial charge in [0, 0.05) is 22.6 Å². The largest absolute Gasteiger partial charge is 0.486 e. The third-order valence-electron chi connectivity index (χ3n) is 1.84. The van der Waals surface area contributed by atoms with Gasteiger partial charge < -0.3 is 4.74 Å². The van der Waals surface area contributed by atoms with Crippen molar-refractivity contribution in [2.75, 3.05) is 0 Å². The fraction of sp³-hybridized carbons (Fsp3) is 0.0909. The molecular weight excluding hydrogens is 303 g/mol. The lowest BCUT2D eigenvalue weighted by molar-refractivity contribution is 0.303. The third-order valence-corrected chi connectivity index (χ3v) is 2.40. The van der Waals surface area contributed by atoms with Crippen LogP contribution >= 0.6 is 22.6 Å². The minimum absolute atomic E-state index is 0.546. The molecule has 1 aromatic carbocycles. The van der Waals surface area contributed by atoms with Crippen molar-refractivity contribution in [2.45, 2.75) is 6.61 Å². The van der Waals surface area contributed by atoms with Crippen LogP contribution in [0.15, 0.2) is 42.7 Å². The molecule has 0 aliphatic carbocycles. The number of benzene rings is 1. The maximum atomic E-state index is 5.52. The van der Waals surface area contributed by atoms with Gasteiger partial charge >= 0.3 is 0 Å². The molecule has 0 N–H and O–H groups in total. The maximum Gasteiger partial charge on any atom is 0.190 e. The number of hydrogen-bond acceptors (Lipinski definition) is 3. The molecule has 0 saturated heterocycles. The summed E-state index contributed by atoms with van der Waals surface area (Å²) in [6, 6.07) is 10.0. The van der Waals surface area contributed by atoms with Gasteiger partial charge in [0.15, 0.2) is 9.58 Å². The van der Waals surface area contributed by atoms with E-state index in [2.05, 4.69) is 32.6 Å². The Bertz CT molecular complexity index is 416. The Morgan fingerprint density at radius 2 is 1.73 bits per heavy atom. The highest BCUT2D eigenvalue weighted by Gasteiger charge is 1.96. The fourth-order valence-electron chi connectivity index (χ4n) is 1.12. The molecule has 15 heavy (non-hydrogen) atoms. The van der Waals surface area contributed by atoms with Gasteiger partial charge in [-0.25, -0.2) is 9.97 Å². The Morgan fingerprint density at radius 1 is 1.07 bits per heavy atom. The fourth-order valence-corrected chi connectivity index (χ4v) is 1.39. The van der Waals surface area contributed by atoms with Crippen LogP contribution in [0.3, 0.4) is 0 Å². The van der Waals surface area contributed by atoms with Gasteiger partial charge in [0.25, 0.3) is 0 Å². The van der Waals surface area contributed by atoms with Crippen molar-refractivity contribution >= 4 is 22.6 Å². The van der Waals surface area contributed by atoms with E-state index in [-0.39, 0.29) is 0 Å². The molecule has 0 bridgehead atoms. The van der Waals surface area contributed by atoms with Crippen LogP contribution in [0, 0.1) is 3.83 Å². The van der Waals surface area contributed by atoms with Gasteiger partial charge in [0.1, 0.15) is 6.61 Å². The SMILES string of the molecule is Ic1ncc(OCc2ccccc2)cn1. The van der Waals surface area contributed by atoms with Gasteiger partial charge in [-0.05, 0) is 5.56 Å². The summed E-state index contributed by atoms with van der Waals surface area (Å²) in [4.78, 5) is 8.08. The molecule has 3 nitrogen and oxygen atoms in total.